The van der Waals surface area contributed by atoms with Gasteiger partial charge in [-0.1, -0.05) is 84.9 Å². The molecule has 0 fully saturated rings. The van der Waals surface area contributed by atoms with Crippen molar-refractivity contribution >= 4 is 49.6 Å². The van der Waals surface area contributed by atoms with Crippen LogP contribution in [0.25, 0.3) is 61.0 Å². The zero-order valence-corrected chi connectivity index (χ0v) is 22.4. The predicted molar refractivity (Wildman–Crippen MR) is 169 cm³/mol. The molecule has 3 aromatic heterocycles. The highest BCUT2D eigenvalue weighted by Gasteiger charge is 2.30. The van der Waals surface area contributed by atoms with Crippen molar-refractivity contribution in [3.05, 3.63) is 134 Å². The van der Waals surface area contributed by atoms with E-state index in [4.69, 9.17) is 4.98 Å². The molecule has 0 atom stereocenters. The summed E-state index contributed by atoms with van der Waals surface area (Å²) in [7, 11) is 0. The number of anilines is 3. The van der Waals surface area contributed by atoms with Gasteiger partial charge in [-0.3, -0.25) is 9.55 Å². The first kappa shape index (κ1) is 22.9. The van der Waals surface area contributed by atoms with Crippen LogP contribution in [0, 0.1) is 0 Å². The molecule has 1 aliphatic heterocycles. The summed E-state index contributed by atoms with van der Waals surface area (Å²) in [5.41, 5.74) is 8.69. The zero-order valence-electron chi connectivity index (χ0n) is 22.4. The lowest BCUT2D eigenvalue weighted by Gasteiger charge is -2.34. The van der Waals surface area contributed by atoms with E-state index in [2.05, 4.69) is 103 Å². The number of para-hydroxylation sites is 1. The van der Waals surface area contributed by atoms with E-state index in [9.17, 15) is 0 Å². The van der Waals surface area contributed by atoms with Crippen molar-refractivity contribution in [3.63, 3.8) is 0 Å². The molecule has 8 aromatic rings. The second-order valence-corrected chi connectivity index (χ2v) is 10.4. The average molecular weight is 539 g/mol. The first-order chi connectivity index (χ1) is 20.9. The summed E-state index contributed by atoms with van der Waals surface area (Å²) >= 11 is 0. The number of aromatic nitrogens is 5. The highest BCUT2D eigenvalue weighted by Crippen LogP contribution is 2.54. The summed E-state index contributed by atoms with van der Waals surface area (Å²) in [4.78, 5) is 21.0. The Hall–Kier alpha value is -5.88. The van der Waals surface area contributed by atoms with Crippen LogP contribution in [0.3, 0.4) is 0 Å². The minimum absolute atomic E-state index is 0.584. The molecule has 9 rings (SSSR count). The minimum Gasteiger partial charge on any atom is -0.307 e. The van der Waals surface area contributed by atoms with Crippen LogP contribution in [0.1, 0.15) is 0 Å². The number of hydrogen-bond donors (Lipinski definition) is 0. The third kappa shape index (κ3) is 3.20. The van der Waals surface area contributed by atoms with E-state index in [1.54, 1.807) is 6.33 Å². The molecule has 6 nitrogen and oxygen atoms in total. The van der Waals surface area contributed by atoms with Gasteiger partial charge in [0.05, 0.1) is 34.3 Å². The number of fused-ring (bicyclic) bond motifs is 6. The second-order valence-electron chi connectivity index (χ2n) is 10.4. The van der Waals surface area contributed by atoms with E-state index >= 15 is 0 Å². The number of nitrogens with zero attached hydrogens (tertiary/aromatic N) is 6. The molecule has 6 heteroatoms. The predicted octanol–water partition coefficient (Wildman–Crippen LogP) is 8.63. The smallest absolute Gasteiger partial charge is 0.238 e. The lowest BCUT2D eigenvalue weighted by molar-refractivity contribution is 0.946. The third-order valence-electron chi connectivity index (χ3n) is 8.14. The molecule has 0 saturated heterocycles. The molecule has 0 unspecified atom stereocenters. The molecule has 0 spiro atoms. The SMILES string of the molecule is c1ccc(-c2ncnc(-n3c4ccccc4c4c5c(ccc43)-c3cccc4cccc(c34)N5c3cccnc3)n2)cc1. The van der Waals surface area contributed by atoms with Gasteiger partial charge in [-0.15, -0.1) is 0 Å². The monoisotopic (exact) mass is 538 g/mol. The molecular formula is C36H22N6. The van der Waals surface area contributed by atoms with Crippen LogP contribution in [-0.4, -0.2) is 24.5 Å². The van der Waals surface area contributed by atoms with E-state index in [1.165, 1.54) is 21.9 Å². The van der Waals surface area contributed by atoms with Gasteiger partial charge in [0, 0.05) is 33.5 Å². The summed E-state index contributed by atoms with van der Waals surface area (Å²) < 4.78 is 2.15. The topological polar surface area (TPSA) is 59.7 Å². The lowest BCUT2D eigenvalue weighted by Crippen LogP contribution is -2.15. The summed E-state index contributed by atoms with van der Waals surface area (Å²) in [6.45, 7) is 0. The number of benzene rings is 5. The molecule has 0 N–H and O–H groups in total. The maximum atomic E-state index is 4.96. The van der Waals surface area contributed by atoms with Gasteiger partial charge in [0.1, 0.15) is 6.33 Å². The largest absolute Gasteiger partial charge is 0.307 e. The van der Waals surface area contributed by atoms with E-state index in [0.29, 0.717) is 11.8 Å². The average Bonchev–Trinajstić information content (AvgIpc) is 3.41. The van der Waals surface area contributed by atoms with Crippen molar-refractivity contribution in [1.82, 2.24) is 24.5 Å². The highest BCUT2D eigenvalue weighted by molar-refractivity contribution is 6.24. The van der Waals surface area contributed by atoms with Crippen molar-refractivity contribution in [2.45, 2.75) is 0 Å². The van der Waals surface area contributed by atoms with Crippen LogP contribution in [0.5, 0.6) is 0 Å². The Kier molecular flexibility index (Phi) is 4.80. The van der Waals surface area contributed by atoms with E-state index < -0.39 is 0 Å². The maximum absolute atomic E-state index is 4.96. The van der Waals surface area contributed by atoms with E-state index in [-0.39, 0.29) is 0 Å². The van der Waals surface area contributed by atoms with Crippen LogP contribution in [0.4, 0.5) is 17.1 Å². The quantitative estimate of drug-likeness (QED) is 0.225. The first-order valence-electron chi connectivity index (χ1n) is 13.9. The Morgan fingerprint density at radius 2 is 1.45 bits per heavy atom. The molecular weight excluding hydrogens is 516 g/mol. The van der Waals surface area contributed by atoms with Gasteiger partial charge in [0.2, 0.25) is 5.95 Å². The van der Waals surface area contributed by atoms with E-state index in [0.717, 1.165) is 44.4 Å². The van der Waals surface area contributed by atoms with E-state index in [1.807, 2.05) is 48.8 Å². The second kappa shape index (κ2) is 8.81. The first-order valence-corrected chi connectivity index (χ1v) is 13.9. The Bertz CT molecular complexity index is 2300. The van der Waals surface area contributed by atoms with Crippen LogP contribution in [0.15, 0.2) is 134 Å². The maximum Gasteiger partial charge on any atom is 0.238 e. The fourth-order valence-corrected chi connectivity index (χ4v) is 6.44. The number of rotatable bonds is 3. The Morgan fingerprint density at radius 3 is 2.33 bits per heavy atom. The van der Waals surface area contributed by atoms with Crippen molar-refractivity contribution in [2.24, 2.45) is 0 Å². The van der Waals surface area contributed by atoms with Gasteiger partial charge >= 0.3 is 0 Å². The summed E-state index contributed by atoms with van der Waals surface area (Å²) in [5, 5.41) is 4.72. The van der Waals surface area contributed by atoms with Crippen LogP contribution < -0.4 is 4.90 Å². The van der Waals surface area contributed by atoms with Gasteiger partial charge in [-0.05, 0) is 41.3 Å². The van der Waals surface area contributed by atoms with Crippen molar-refractivity contribution < 1.29 is 0 Å². The fraction of sp³-hybridized carbons (Fsp3) is 0. The Labute approximate surface area is 241 Å². The van der Waals surface area contributed by atoms with Gasteiger partial charge in [-0.25, -0.2) is 9.97 Å². The van der Waals surface area contributed by atoms with Crippen molar-refractivity contribution in [3.8, 4) is 28.5 Å². The molecule has 0 radical (unpaired) electrons. The third-order valence-corrected chi connectivity index (χ3v) is 8.14. The number of pyridine rings is 1. The molecule has 5 aromatic carbocycles. The molecule has 0 aliphatic carbocycles. The van der Waals surface area contributed by atoms with Crippen molar-refractivity contribution in [1.29, 1.82) is 0 Å². The van der Waals surface area contributed by atoms with Crippen molar-refractivity contribution in [2.75, 3.05) is 4.90 Å². The van der Waals surface area contributed by atoms with Crippen LogP contribution in [-0.2, 0) is 0 Å². The molecule has 42 heavy (non-hydrogen) atoms. The van der Waals surface area contributed by atoms with Crippen LogP contribution in [0.2, 0.25) is 0 Å². The summed E-state index contributed by atoms with van der Waals surface area (Å²) in [6.07, 6.45) is 5.36. The fourth-order valence-electron chi connectivity index (χ4n) is 6.44. The molecule has 1 aliphatic rings. The Balaban J connectivity index is 1.41. The molecule has 0 bridgehead atoms. The summed E-state index contributed by atoms with van der Waals surface area (Å²) in [5.74, 6) is 1.23. The number of hydrogen-bond acceptors (Lipinski definition) is 5. The lowest BCUT2D eigenvalue weighted by atomic mass is 9.89. The Morgan fingerprint density at radius 1 is 0.595 bits per heavy atom. The van der Waals surface area contributed by atoms with Gasteiger partial charge in [0.15, 0.2) is 5.82 Å². The zero-order chi connectivity index (χ0) is 27.6. The molecule has 196 valence electrons. The minimum atomic E-state index is 0.584. The van der Waals surface area contributed by atoms with Gasteiger partial charge in [0.25, 0.3) is 0 Å². The summed E-state index contributed by atoms with van der Waals surface area (Å²) in [6, 6.07) is 40.2. The molecule has 4 heterocycles. The standard InChI is InChI=1S/C36H22N6/c1-2-9-24(10-3-1)35-38-22-39-36(40-35)42-29-16-5-4-14-28(29)33-31(42)19-18-27-26-15-6-11-23-12-7-17-30(32(23)26)41(34(27)33)25-13-8-20-37-21-25/h1-22H. The van der Waals surface area contributed by atoms with Crippen LogP contribution >= 0.6 is 0 Å². The normalized spacial score (nSPS) is 12.2. The van der Waals surface area contributed by atoms with Gasteiger partial charge < -0.3 is 4.90 Å². The molecule has 0 amide bonds. The highest BCUT2D eigenvalue weighted by atomic mass is 15.2. The van der Waals surface area contributed by atoms with Gasteiger partial charge in [-0.2, -0.15) is 4.98 Å². The molecule has 0 saturated carbocycles.